The first-order valence-electron chi connectivity index (χ1n) is 7.48. The van der Waals surface area contributed by atoms with Crippen molar-refractivity contribution in [2.24, 2.45) is 0 Å². The summed E-state index contributed by atoms with van der Waals surface area (Å²) in [5, 5.41) is 21.0. The average Bonchev–Trinajstić information content (AvgIpc) is 2.55. The van der Waals surface area contributed by atoms with Crippen LogP contribution in [0.15, 0.2) is 48.5 Å². The van der Waals surface area contributed by atoms with Crippen molar-refractivity contribution in [1.29, 1.82) is 0 Å². The fourth-order valence-corrected chi connectivity index (χ4v) is 3.90. The Kier molecular flexibility index (Phi) is 2.78. The molecule has 2 heterocycles. The molecule has 2 N–H and O–H groups in total. The minimum Gasteiger partial charge on any atom is -0.390 e. The lowest BCUT2D eigenvalue weighted by Crippen LogP contribution is -2.60. The third-order valence-corrected chi connectivity index (χ3v) is 4.94. The van der Waals surface area contributed by atoms with Crippen LogP contribution in [0.25, 0.3) is 0 Å². The molecule has 2 unspecified atom stereocenters. The number of rotatable bonds is 2. The highest BCUT2D eigenvalue weighted by atomic mass is 17.2. The quantitative estimate of drug-likeness (QED) is 0.835. The molecule has 114 valence electrons. The molecule has 2 aliphatic heterocycles. The van der Waals surface area contributed by atoms with Crippen molar-refractivity contribution in [2.75, 3.05) is 0 Å². The van der Waals surface area contributed by atoms with Gasteiger partial charge in [-0.15, -0.1) is 0 Å². The number of benzene rings is 2. The lowest BCUT2D eigenvalue weighted by molar-refractivity contribution is -0.450. The molecule has 3 aliphatic rings. The highest BCUT2D eigenvalue weighted by Crippen LogP contribution is 2.58. The maximum atomic E-state index is 10.5. The zero-order valence-corrected chi connectivity index (χ0v) is 12.5. The fourth-order valence-electron chi connectivity index (χ4n) is 3.90. The molecule has 0 amide bonds. The van der Waals surface area contributed by atoms with Crippen molar-refractivity contribution in [1.82, 2.24) is 0 Å². The molecule has 2 bridgehead atoms. The lowest BCUT2D eigenvalue weighted by atomic mass is 9.63. The van der Waals surface area contributed by atoms with E-state index in [0.29, 0.717) is 0 Å². The van der Waals surface area contributed by atoms with Gasteiger partial charge in [-0.1, -0.05) is 48.5 Å². The first-order valence-corrected chi connectivity index (χ1v) is 7.48. The van der Waals surface area contributed by atoms with Crippen molar-refractivity contribution >= 4 is 0 Å². The van der Waals surface area contributed by atoms with Crippen molar-refractivity contribution in [3.8, 4) is 0 Å². The van der Waals surface area contributed by atoms with E-state index >= 15 is 0 Å². The number of fused-ring (bicyclic) bond motifs is 1. The molecule has 5 rings (SSSR count). The van der Waals surface area contributed by atoms with Gasteiger partial charge in [0.25, 0.3) is 0 Å². The summed E-state index contributed by atoms with van der Waals surface area (Å²) < 4.78 is 0. The second-order valence-corrected chi connectivity index (χ2v) is 6.08. The van der Waals surface area contributed by atoms with Gasteiger partial charge < -0.3 is 10.2 Å². The van der Waals surface area contributed by atoms with E-state index in [1.165, 1.54) is 0 Å². The van der Waals surface area contributed by atoms with Crippen LogP contribution in [0, 0.1) is 0 Å². The Bertz CT molecular complexity index is 626. The van der Waals surface area contributed by atoms with Crippen LogP contribution in [-0.2, 0) is 21.0 Å². The van der Waals surface area contributed by atoms with E-state index in [-0.39, 0.29) is 0 Å². The predicted octanol–water partition coefficient (Wildman–Crippen LogP) is 2.21. The maximum absolute atomic E-state index is 10.5. The van der Waals surface area contributed by atoms with Gasteiger partial charge >= 0.3 is 0 Å². The van der Waals surface area contributed by atoms with E-state index in [1.54, 1.807) is 13.8 Å². The van der Waals surface area contributed by atoms with Gasteiger partial charge in [-0.05, 0) is 13.8 Å². The third-order valence-electron chi connectivity index (χ3n) is 4.94. The van der Waals surface area contributed by atoms with Crippen LogP contribution < -0.4 is 0 Å². The van der Waals surface area contributed by atoms with Gasteiger partial charge in [-0.2, -0.15) is 0 Å². The molecule has 1 aliphatic carbocycles. The predicted molar refractivity (Wildman–Crippen MR) is 80.0 cm³/mol. The Hall–Kier alpha value is -1.72. The number of hydrogen-bond acceptors (Lipinski definition) is 4. The van der Waals surface area contributed by atoms with E-state index in [9.17, 15) is 10.2 Å². The van der Waals surface area contributed by atoms with E-state index < -0.39 is 23.4 Å². The topological polar surface area (TPSA) is 58.9 Å². The summed E-state index contributed by atoms with van der Waals surface area (Å²) in [4.78, 5) is 11.5. The van der Waals surface area contributed by atoms with Crippen molar-refractivity contribution in [3.05, 3.63) is 70.8 Å². The Labute approximate surface area is 128 Å². The highest BCUT2D eigenvalue weighted by molar-refractivity contribution is 5.59. The smallest absolute Gasteiger partial charge is 0.180 e. The van der Waals surface area contributed by atoms with Gasteiger partial charge in [0.05, 0.1) is 12.2 Å². The minimum atomic E-state index is -1.07. The Morgan fingerprint density at radius 3 is 1.18 bits per heavy atom. The van der Waals surface area contributed by atoms with Crippen LogP contribution in [0.4, 0.5) is 0 Å². The van der Waals surface area contributed by atoms with Gasteiger partial charge in [0.2, 0.25) is 0 Å². The Morgan fingerprint density at radius 1 is 0.682 bits per heavy atom. The molecule has 2 aromatic rings. The van der Waals surface area contributed by atoms with E-state index in [1.807, 2.05) is 48.5 Å². The molecular formula is C18H18O4. The first kappa shape index (κ1) is 13.9. The molecule has 0 radical (unpaired) electrons. The molecule has 0 fully saturated rings. The minimum absolute atomic E-state index is 0.804. The maximum Gasteiger partial charge on any atom is 0.180 e. The third kappa shape index (κ3) is 1.36. The lowest BCUT2D eigenvalue weighted by Gasteiger charge is -2.55. The van der Waals surface area contributed by atoms with Gasteiger partial charge in [-0.25, -0.2) is 9.78 Å². The molecule has 4 nitrogen and oxygen atoms in total. The largest absolute Gasteiger partial charge is 0.390 e. The van der Waals surface area contributed by atoms with E-state index in [4.69, 9.17) is 9.78 Å². The second kappa shape index (κ2) is 4.40. The van der Waals surface area contributed by atoms with Crippen LogP contribution >= 0.6 is 0 Å². The molecule has 0 saturated heterocycles. The average molecular weight is 298 g/mol. The first-order chi connectivity index (χ1) is 10.5. The summed E-state index contributed by atoms with van der Waals surface area (Å²) in [5.41, 5.74) is 1.24. The summed E-state index contributed by atoms with van der Waals surface area (Å²) in [5.74, 6) is 0. The van der Waals surface area contributed by atoms with Gasteiger partial charge in [0.1, 0.15) is 0 Å². The van der Waals surface area contributed by atoms with Crippen molar-refractivity contribution < 1.29 is 20.0 Å². The molecule has 2 atom stereocenters. The van der Waals surface area contributed by atoms with Crippen molar-refractivity contribution in [2.45, 2.75) is 37.3 Å². The Balaban J connectivity index is 2.16. The molecule has 0 saturated carbocycles. The van der Waals surface area contributed by atoms with E-state index in [2.05, 4.69) is 0 Å². The van der Waals surface area contributed by atoms with Gasteiger partial charge in [0.15, 0.2) is 11.2 Å². The number of aliphatic hydroxyl groups is 2. The summed E-state index contributed by atoms with van der Waals surface area (Å²) in [6.07, 6.45) is -1.61. The molecular weight excluding hydrogens is 280 g/mol. The second-order valence-electron chi connectivity index (χ2n) is 6.08. The fraction of sp³-hybridized carbons (Fsp3) is 0.333. The molecule has 22 heavy (non-hydrogen) atoms. The molecule has 2 aromatic carbocycles. The molecule has 0 spiro atoms. The molecule has 0 aromatic heterocycles. The summed E-state index contributed by atoms with van der Waals surface area (Å²) in [6.45, 7) is 3.38. The highest BCUT2D eigenvalue weighted by Gasteiger charge is 2.62. The standard InChI is InChI=1S/C18H18O4/c1-11(19)17-13-7-3-5-9-15(13)18(12(2)20,22-21-17)16-10-6-4-8-14(16)17/h3-12,19-20H,1-2H3. The number of hydrogen-bond donors (Lipinski definition) is 2. The van der Waals surface area contributed by atoms with Gasteiger partial charge in [-0.3, -0.25) is 0 Å². The van der Waals surface area contributed by atoms with Crippen LogP contribution in [0.2, 0.25) is 0 Å². The normalized spacial score (nSPS) is 31.3. The van der Waals surface area contributed by atoms with Crippen LogP contribution in [0.5, 0.6) is 0 Å². The summed E-state index contributed by atoms with van der Waals surface area (Å²) >= 11 is 0. The molecule has 4 heteroatoms. The SMILES string of the molecule is CC(O)C12OOC(C(C)O)(c3ccccc31)c1ccccc12. The van der Waals surface area contributed by atoms with Crippen LogP contribution in [-0.4, -0.2) is 22.4 Å². The monoisotopic (exact) mass is 298 g/mol. The zero-order chi connectivity index (χ0) is 15.5. The van der Waals surface area contributed by atoms with Crippen molar-refractivity contribution in [3.63, 3.8) is 0 Å². The Morgan fingerprint density at radius 2 is 0.955 bits per heavy atom. The van der Waals surface area contributed by atoms with Crippen LogP contribution in [0.1, 0.15) is 36.1 Å². The summed E-state index contributed by atoms with van der Waals surface area (Å²) in [7, 11) is 0. The van der Waals surface area contributed by atoms with Crippen LogP contribution in [0.3, 0.4) is 0 Å². The summed E-state index contributed by atoms with van der Waals surface area (Å²) in [6, 6.07) is 15.3. The zero-order valence-electron chi connectivity index (χ0n) is 12.5. The van der Waals surface area contributed by atoms with E-state index in [0.717, 1.165) is 22.3 Å². The van der Waals surface area contributed by atoms with Gasteiger partial charge in [0, 0.05) is 22.3 Å². The number of aliphatic hydroxyl groups excluding tert-OH is 2.